The smallest absolute Gasteiger partial charge is 0.319 e. The standard InChI is InChI=1S/C29H33F2N9O2/c1-33-25-19(18-5-6-20(31)24-22(18)37-27(32)42-24)9-21-23(36-25)26(39-12-16-3-4-17(13-39)34-16)38-28(35-21)41-14-29-7-2-8-40(29)11-15(30)10-29/h5-6,9,15-17,34H,2-4,7-8,10-14H2,1H3,(H2,32,37)(H,33,36)/t15-,16?,17?,29+/m1/s1. The van der Waals surface area contributed by atoms with E-state index in [1.54, 1.807) is 13.1 Å². The Hall–Kier alpha value is -3.84. The molecule has 4 saturated heterocycles. The lowest BCUT2D eigenvalue weighted by molar-refractivity contribution is 0.107. The number of fused-ring (bicyclic) bond motifs is 5. The Balaban J connectivity index is 1.25. The van der Waals surface area contributed by atoms with Crippen molar-refractivity contribution in [2.75, 3.05) is 55.8 Å². The number of piperazine rings is 1. The molecule has 3 aromatic heterocycles. The van der Waals surface area contributed by atoms with Crippen molar-refractivity contribution in [3.05, 3.63) is 24.0 Å². The van der Waals surface area contributed by atoms with Crippen LogP contribution < -0.4 is 26.0 Å². The number of anilines is 3. The van der Waals surface area contributed by atoms with E-state index in [2.05, 4.69) is 25.4 Å². The quantitative estimate of drug-likeness (QED) is 0.311. The molecule has 0 radical (unpaired) electrons. The zero-order valence-corrected chi connectivity index (χ0v) is 23.4. The summed E-state index contributed by atoms with van der Waals surface area (Å²) in [5.74, 6) is 0.727. The van der Waals surface area contributed by atoms with Crippen molar-refractivity contribution in [2.45, 2.75) is 55.9 Å². The molecule has 7 heterocycles. The van der Waals surface area contributed by atoms with Gasteiger partial charge in [-0.2, -0.15) is 15.0 Å². The Labute approximate surface area is 240 Å². The number of benzene rings is 1. The number of hydrogen-bond acceptors (Lipinski definition) is 11. The van der Waals surface area contributed by atoms with Crippen molar-refractivity contribution >= 4 is 39.8 Å². The third kappa shape index (κ3) is 4.12. The molecule has 8 rings (SSSR count). The van der Waals surface area contributed by atoms with Gasteiger partial charge in [0, 0.05) is 56.3 Å². The predicted molar refractivity (Wildman–Crippen MR) is 155 cm³/mol. The average Bonchev–Trinajstić information content (AvgIpc) is 3.73. The summed E-state index contributed by atoms with van der Waals surface area (Å²) in [5, 5.41) is 6.86. The van der Waals surface area contributed by atoms with Crippen LogP contribution in [0.3, 0.4) is 0 Å². The van der Waals surface area contributed by atoms with Crippen molar-refractivity contribution in [1.29, 1.82) is 0 Å². The maximum Gasteiger partial charge on any atom is 0.319 e. The Morgan fingerprint density at radius 1 is 1.12 bits per heavy atom. The van der Waals surface area contributed by atoms with Gasteiger partial charge in [-0.25, -0.2) is 13.8 Å². The Bertz CT molecular complexity index is 1690. The van der Waals surface area contributed by atoms with E-state index in [0.29, 0.717) is 71.0 Å². The van der Waals surface area contributed by atoms with Gasteiger partial charge in [-0.3, -0.25) is 4.90 Å². The molecule has 11 nitrogen and oxygen atoms in total. The van der Waals surface area contributed by atoms with Crippen LogP contribution >= 0.6 is 0 Å². The van der Waals surface area contributed by atoms with Gasteiger partial charge in [0.2, 0.25) is 0 Å². The highest BCUT2D eigenvalue weighted by Gasteiger charge is 2.49. The molecule has 4 fully saturated rings. The number of aromatic nitrogens is 4. The SMILES string of the molecule is CNc1nc2c(N3CC4CCC(C3)N4)nc(OC[C@@]34CCCN3C[C@H](F)C4)nc2cc1-c1ccc(F)c2oc(N)nc12. The monoisotopic (exact) mass is 577 g/mol. The number of oxazole rings is 1. The fraction of sp³-hybridized carbons (Fsp3) is 0.517. The first-order valence-electron chi connectivity index (χ1n) is 14.7. The van der Waals surface area contributed by atoms with Crippen LogP contribution in [0.4, 0.5) is 26.4 Å². The van der Waals surface area contributed by atoms with Crippen molar-refractivity contribution in [1.82, 2.24) is 30.2 Å². The van der Waals surface area contributed by atoms with Crippen molar-refractivity contribution in [3.63, 3.8) is 0 Å². The number of halogens is 2. The lowest BCUT2D eigenvalue weighted by Crippen LogP contribution is -2.51. The number of nitrogen functional groups attached to an aromatic ring is 1. The summed E-state index contributed by atoms with van der Waals surface area (Å²) >= 11 is 0. The summed E-state index contributed by atoms with van der Waals surface area (Å²) in [5.41, 5.74) is 8.25. The highest BCUT2D eigenvalue weighted by Crippen LogP contribution is 2.41. The lowest BCUT2D eigenvalue weighted by atomic mass is 9.95. The molecule has 0 saturated carbocycles. The number of alkyl halides is 1. The van der Waals surface area contributed by atoms with Gasteiger partial charge >= 0.3 is 6.01 Å². The van der Waals surface area contributed by atoms with Crippen LogP contribution in [0.5, 0.6) is 6.01 Å². The Morgan fingerprint density at radius 2 is 1.95 bits per heavy atom. The molecule has 0 amide bonds. The second-order valence-corrected chi connectivity index (χ2v) is 12.1. The third-order valence-electron chi connectivity index (χ3n) is 9.42. The summed E-state index contributed by atoms with van der Waals surface area (Å²) in [7, 11) is 1.78. The normalized spacial score (nSPS) is 27.3. The van der Waals surface area contributed by atoms with Crippen LogP contribution in [0.1, 0.15) is 32.1 Å². The van der Waals surface area contributed by atoms with Gasteiger partial charge in [0.05, 0.1) is 11.1 Å². The van der Waals surface area contributed by atoms with E-state index < -0.39 is 12.0 Å². The zero-order valence-electron chi connectivity index (χ0n) is 23.4. The number of hydrogen-bond donors (Lipinski definition) is 3. The zero-order chi connectivity index (χ0) is 28.6. The second-order valence-electron chi connectivity index (χ2n) is 12.1. The first-order valence-corrected chi connectivity index (χ1v) is 14.7. The third-order valence-corrected chi connectivity index (χ3v) is 9.42. The molecule has 4 aliphatic heterocycles. The molecular formula is C29H33F2N9O2. The van der Waals surface area contributed by atoms with Gasteiger partial charge in [0.15, 0.2) is 17.2 Å². The Morgan fingerprint density at radius 3 is 2.76 bits per heavy atom. The topological polar surface area (TPSA) is 130 Å². The molecular weight excluding hydrogens is 544 g/mol. The number of ether oxygens (including phenoxy) is 1. The van der Waals surface area contributed by atoms with Crippen LogP contribution in [-0.2, 0) is 0 Å². The van der Waals surface area contributed by atoms with E-state index in [4.69, 9.17) is 29.8 Å². The summed E-state index contributed by atoms with van der Waals surface area (Å²) < 4.78 is 40.7. The van der Waals surface area contributed by atoms with E-state index in [1.807, 2.05) is 6.07 Å². The highest BCUT2D eigenvalue weighted by atomic mass is 19.1. The van der Waals surface area contributed by atoms with Gasteiger partial charge in [-0.05, 0) is 50.4 Å². The summed E-state index contributed by atoms with van der Waals surface area (Å²) in [6.45, 7) is 3.28. The molecule has 4 atom stereocenters. The molecule has 0 spiro atoms. The minimum absolute atomic E-state index is 0.0149. The van der Waals surface area contributed by atoms with Crippen molar-refractivity contribution in [2.24, 2.45) is 0 Å². The fourth-order valence-corrected chi connectivity index (χ4v) is 7.53. The highest BCUT2D eigenvalue weighted by molar-refractivity contribution is 5.99. The number of rotatable bonds is 6. The Kier molecular flexibility index (Phi) is 5.90. The molecule has 2 unspecified atom stereocenters. The molecule has 4 aliphatic rings. The van der Waals surface area contributed by atoms with Crippen LogP contribution in [0.25, 0.3) is 33.3 Å². The summed E-state index contributed by atoms with van der Waals surface area (Å²) in [6.07, 6.45) is 3.79. The molecule has 4 N–H and O–H groups in total. The average molecular weight is 578 g/mol. The van der Waals surface area contributed by atoms with Gasteiger partial charge < -0.3 is 30.4 Å². The molecule has 0 aliphatic carbocycles. The van der Waals surface area contributed by atoms with Gasteiger partial charge in [0.1, 0.15) is 29.6 Å². The molecule has 220 valence electrons. The molecule has 4 aromatic rings. The fourth-order valence-electron chi connectivity index (χ4n) is 7.53. The molecule has 2 bridgehead atoms. The van der Waals surface area contributed by atoms with E-state index in [-0.39, 0.29) is 23.1 Å². The van der Waals surface area contributed by atoms with E-state index in [9.17, 15) is 8.78 Å². The largest absolute Gasteiger partial charge is 0.461 e. The van der Waals surface area contributed by atoms with Gasteiger partial charge in [0.25, 0.3) is 6.01 Å². The first kappa shape index (κ1) is 25.8. The van der Waals surface area contributed by atoms with Crippen LogP contribution in [0.15, 0.2) is 22.6 Å². The minimum Gasteiger partial charge on any atom is -0.461 e. The number of nitrogens with one attached hydrogen (secondary N) is 2. The van der Waals surface area contributed by atoms with Gasteiger partial charge in [-0.15, -0.1) is 0 Å². The van der Waals surface area contributed by atoms with Gasteiger partial charge in [-0.1, -0.05) is 0 Å². The van der Waals surface area contributed by atoms with E-state index in [0.717, 1.165) is 45.3 Å². The summed E-state index contributed by atoms with van der Waals surface area (Å²) in [4.78, 5) is 23.5. The van der Waals surface area contributed by atoms with Crippen molar-refractivity contribution in [3.8, 4) is 17.1 Å². The van der Waals surface area contributed by atoms with Crippen molar-refractivity contribution < 1.29 is 17.9 Å². The molecule has 1 aromatic carbocycles. The van der Waals surface area contributed by atoms with Crippen LogP contribution in [0.2, 0.25) is 0 Å². The molecule has 42 heavy (non-hydrogen) atoms. The van der Waals surface area contributed by atoms with Crippen LogP contribution in [-0.4, -0.2) is 88.5 Å². The lowest BCUT2D eigenvalue weighted by Gasteiger charge is -2.34. The van der Waals surface area contributed by atoms with Crippen LogP contribution in [0, 0.1) is 5.82 Å². The molecule has 13 heteroatoms. The minimum atomic E-state index is -0.844. The maximum atomic E-state index is 14.5. The van der Waals surface area contributed by atoms with E-state index in [1.165, 1.54) is 6.07 Å². The second kappa shape index (κ2) is 9.60. The van der Waals surface area contributed by atoms with E-state index >= 15 is 0 Å². The maximum absolute atomic E-state index is 14.5. The predicted octanol–water partition coefficient (Wildman–Crippen LogP) is 3.49. The number of pyridine rings is 1. The first-order chi connectivity index (χ1) is 20.4. The number of nitrogens with two attached hydrogens (primary N) is 1. The number of nitrogens with zero attached hydrogens (tertiary/aromatic N) is 6. The summed E-state index contributed by atoms with van der Waals surface area (Å²) in [6, 6.07) is 5.76.